The lowest BCUT2D eigenvalue weighted by molar-refractivity contribution is 0.279. The summed E-state index contributed by atoms with van der Waals surface area (Å²) in [5.74, 6) is 1.44. The molecule has 0 unspecified atom stereocenters. The predicted molar refractivity (Wildman–Crippen MR) is 106 cm³/mol. The number of nitrogens with one attached hydrogen (secondary N) is 2. The van der Waals surface area contributed by atoms with E-state index in [9.17, 15) is 0 Å². The van der Waals surface area contributed by atoms with Crippen LogP contribution in [0.2, 0.25) is 0 Å². The van der Waals surface area contributed by atoms with Crippen LogP contribution in [-0.2, 0) is 6.61 Å². The van der Waals surface area contributed by atoms with Gasteiger partial charge in [-0.1, -0.05) is 25.8 Å². The molecule has 2 rings (SSSR count). The highest BCUT2D eigenvalue weighted by Crippen LogP contribution is 2.24. The summed E-state index contributed by atoms with van der Waals surface area (Å²) >= 11 is 0. The van der Waals surface area contributed by atoms with E-state index in [-0.39, 0.29) is 12.6 Å². The van der Waals surface area contributed by atoms with Crippen LogP contribution in [0.1, 0.15) is 56.2 Å². The molecular formula is C20H29N5O2. The van der Waals surface area contributed by atoms with Crippen molar-refractivity contribution in [2.24, 2.45) is 0 Å². The first kappa shape index (κ1) is 20.8. The Balaban J connectivity index is 2.14. The average molecular weight is 371 g/mol. The summed E-state index contributed by atoms with van der Waals surface area (Å²) in [5, 5.41) is 20.0. The minimum atomic E-state index is 0.169. The lowest BCUT2D eigenvalue weighted by Gasteiger charge is -2.20. The van der Waals surface area contributed by atoms with Gasteiger partial charge in [-0.05, 0) is 38.3 Å². The Labute approximate surface area is 160 Å². The summed E-state index contributed by atoms with van der Waals surface area (Å²) in [4.78, 5) is 13.0. The van der Waals surface area contributed by atoms with Crippen molar-refractivity contribution in [1.29, 1.82) is 5.41 Å². The minimum absolute atomic E-state index is 0.169. The summed E-state index contributed by atoms with van der Waals surface area (Å²) in [7, 11) is 0. The van der Waals surface area contributed by atoms with Crippen molar-refractivity contribution < 1.29 is 9.84 Å². The second-order valence-corrected chi connectivity index (χ2v) is 6.49. The topological polar surface area (TPSA) is 104 Å². The van der Waals surface area contributed by atoms with Crippen LogP contribution >= 0.6 is 0 Å². The fourth-order valence-electron chi connectivity index (χ4n) is 2.76. The molecule has 2 aromatic heterocycles. The summed E-state index contributed by atoms with van der Waals surface area (Å²) in [6.45, 7) is 4.59. The Kier molecular flexibility index (Phi) is 8.64. The third kappa shape index (κ3) is 6.94. The van der Waals surface area contributed by atoms with Crippen LogP contribution in [0, 0.1) is 12.3 Å². The molecule has 0 aliphatic heterocycles. The van der Waals surface area contributed by atoms with E-state index in [1.54, 1.807) is 6.20 Å². The van der Waals surface area contributed by atoms with Gasteiger partial charge >= 0.3 is 0 Å². The summed E-state index contributed by atoms with van der Waals surface area (Å²) < 4.78 is 5.91. The van der Waals surface area contributed by atoms with Crippen molar-refractivity contribution in [2.45, 2.75) is 58.6 Å². The van der Waals surface area contributed by atoms with Crippen molar-refractivity contribution in [3.8, 4) is 5.75 Å². The number of ether oxygens (including phenoxy) is 1. The number of nitrogens with zero attached hydrogens (tertiary/aromatic N) is 3. The number of rotatable bonds is 12. The highest BCUT2D eigenvalue weighted by atomic mass is 16.5. The molecule has 7 heteroatoms. The molecule has 0 radical (unpaired) electrons. The van der Waals surface area contributed by atoms with Crippen LogP contribution < -0.4 is 10.1 Å². The van der Waals surface area contributed by atoms with Crippen LogP contribution in [0.5, 0.6) is 5.75 Å². The summed E-state index contributed by atoms with van der Waals surface area (Å²) in [6, 6.07) is 5.99. The van der Waals surface area contributed by atoms with Gasteiger partial charge in [0.1, 0.15) is 6.61 Å². The Bertz CT molecular complexity index is 715. The molecular weight excluding hydrogens is 342 g/mol. The fraction of sp³-hybridized carbons (Fsp3) is 0.500. The molecule has 0 bridgehead atoms. The number of aryl methyl sites for hydroxylation is 1. The van der Waals surface area contributed by atoms with E-state index in [1.807, 2.05) is 25.1 Å². The van der Waals surface area contributed by atoms with Crippen LogP contribution in [0.4, 0.5) is 5.82 Å². The zero-order valence-electron chi connectivity index (χ0n) is 16.1. The first-order valence-corrected chi connectivity index (χ1v) is 9.46. The zero-order chi connectivity index (χ0) is 19.5. The molecule has 27 heavy (non-hydrogen) atoms. The monoisotopic (exact) mass is 371 g/mol. The Morgan fingerprint density at radius 3 is 2.78 bits per heavy atom. The second-order valence-electron chi connectivity index (χ2n) is 6.49. The maximum Gasteiger partial charge on any atom is 0.180 e. The normalized spacial score (nSPS) is 11.8. The molecule has 3 N–H and O–H groups in total. The number of anilines is 1. The second kappa shape index (κ2) is 11.2. The molecule has 146 valence electrons. The van der Waals surface area contributed by atoms with Gasteiger partial charge in [0.25, 0.3) is 0 Å². The molecule has 0 aromatic carbocycles. The molecule has 0 spiro atoms. The number of unbranched alkanes of at least 4 members (excludes halogenated alkanes) is 1. The number of hydrogen-bond acceptors (Lipinski definition) is 7. The highest BCUT2D eigenvalue weighted by Gasteiger charge is 2.14. The molecule has 1 atom stereocenters. The SMILES string of the molecule is CCCC[C@@H](CCCO)Nc1nc(C=N)ncc1OCc1cccc(C)n1. The van der Waals surface area contributed by atoms with E-state index in [2.05, 4.69) is 27.2 Å². The Morgan fingerprint density at radius 2 is 2.07 bits per heavy atom. The van der Waals surface area contributed by atoms with Crippen LogP contribution in [0.15, 0.2) is 24.4 Å². The first-order chi connectivity index (χ1) is 13.2. The Hall–Kier alpha value is -2.54. The van der Waals surface area contributed by atoms with Gasteiger partial charge in [0.05, 0.1) is 18.1 Å². The maximum atomic E-state index is 9.16. The minimum Gasteiger partial charge on any atom is -0.482 e. The van der Waals surface area contributed by atoms with E-state index in [0.717, 1.165) is 49.7 Å². The largest absolute Gasteiger partial charge is 0.482 e. The molecule has 2 heterocycles. The van der Waals surface area contributed by atoms with Crippen LogP contribution in [0.3, 0.4) is 0 Å². The van der Waals surface area contributed by atoms with E-state index >= 15 is 0 Å². The van der Waals surface area contributed by atoms with E-state index in [1.165, 1.54) is 0 Å². The van der Waals surface area contributed by atoms with Gasteiger partial charge < -0.3 is 20.6 Å². The average Bonchev–Trinajstić information content (AvgIpc) is 2.69. The third-order valence-electron chi connectivity index (χ3n) is 4.18. The number of aliphatic hydroxyl groups excluding tert-OH is 1. The molecule has 7 nitrogen and oxygen atoms in total. The van der Waals surface area contributed by atoms with Gasteiger partial charge in [-0.25, -0.2) is 9.97 Å². The highest BCUT2D eigenvalue weighted by molar-refractivity contribution is 5.72. The van der Waals surface area contributed by atoms with E-state index < -0.39 is 0 Å². The molecule has 0 fully saturated rings. The lowest BCUT2D eigenvalue weighted by Crippen LogP contribution is -2.22. The van der Waals surface area contributed by atoms with E-state index in [0.29, 0.717) is 24.0 Å². The third-order valence-corrected chi connectivity index (χ3v) is 4.18. The molecule has 0 saturated heterocycles. The summed E-state index contributed by atoms with van der Waals surface area (Å²) in [6.07, 6.45) is 7.47. The standard InChI is InChI=1S/C20H29N5O2/c1-3-4-8-16(10-6-11-26)24-20-18(13-22-19(12-21)25-20)27-14-17-9-5-7-15(2)23-17/h5,7,9,12-13,16,21,26H,3-4,6,8,10-11,14H2,1-2H3,(H,22,24,25)/t16-/m0/s1. The number of hydrogen-bond donors (Lipinski definition) is 3. The molecule has 0 aliphatic carbocycles. The maximum absolute atomic E-state index is 9.16. The van der Waals surface area contributed by atoms with Crippen molar-refractivity contribution >= 4 is 12.0 Å². The van der Waals surface area contributed by atoms with Crippen molar-refractivity contribution in [3.05, 3.63) is 41.6 Å². The predicted octanol–water partition coefficient (Wildman–Crippen LogP) is 3.50. The van der Waals surface area contributed by atoms with Gasteiger partial charge in [-0.2, -0.15) is 0 Å². The van der Waals surface area contributed by atoms with E-state index in [4.69, 9.17) is 15.3 Å². The van der Waals surface area contributed by atoms with Gasteiger partial charge in [0.2, 0.25) is 0 Å². The molecule has 0 amide bonds. The van der Waals surface area contributed by atoms with Crippen molar-refractivity contribution in [1.82, 2.24) is 15.0 Å². The van der Waals surface area contributed by atoms with Gasteiger partial charge in [-0.15, -0.1) is 0 Å². The zero-order valence-corrected chi connectivity index (χ0v) is 16.1. The fourth-order valence-corrected chi connectivity index (χ4v) is 2.76. The molecule has 0 saturated carbocycles. The lowest BCUT2D eigenvalue weighted by atomic mass is 10.0. The van der Waals surface area contributed by atoms with Crippen molar-refractivity contribution in [3.63, 3.8) is 0 Å². The molecule has 0 aliphatic rings. The smallest absolute Gasteiger partial charge is 0.180 e. The van der Waals surface area contributed by atoms with Crippen LogP contribution in [-0.4, -0.2) is 38.9 Å². The number of aromatic nitrogens is 3. The Morgan fingerprint density at radius 1 is 1.26 bits per heavy atom. The van der Waals surface area contributed by atoms with Gasteiger partial charge in [0.15, 0.2) is 17.4 Å². The van der Waals surface area contributed by atoms with Gasteiger partial charge in [-0.3, -0.25) is 4.98 Å². The quantitative estimate of drug-likeness (QED) is 0.493. The van der Waals surface area contributed by atoms with Crippen LogP contribution in [0.25, 0.3) is 0 Å². The van der Waals surface area contributed by atoms with Gasteiger partial charge in [0, 0.05) is 18.3 Å². The molecule has 2 aromatic rings. The summed E-state index contributed by atoms with van der Waals surface area (Å²) in [5.41, 5.74) is 1.77. The van der Waals surface area contributed by atoms with Crippen molar-refractivity contribution in [2.75, 3.05) is 11.9 Å². The number of aliphatic hydroxyl groups is 1. The first-order valence-electron chi connectivity index (χ1n) is 9.46. The number of pyridine rings is 1.